The second-order valence-corrected chi connectivity index (χ2v) is 7.66. The van der Waals surface area contributed by atoms with Gasteiger partial charge in [-0.3, -0.25) is 4.79 Å². The van der Waals surface area contributed by atoms with Gasteiger partial charge in [0.2, 0.25) is 0 Å². The van der Waals surface area contributed by atoms with Crippen LogP contribution in [0.2, 0.25) is 0 Å². The first-order valence-electron chi connectivity index (χ1n) is 10.4. The van der Waals surface area contributed by atoms with Gasteiger partial charge in [-0.05, 0) is 38.3 Å². The summed E-state index contributed by atoms with van der Waals surface area (Å²) in [5, 5.41) is 0. The summed E-state index contributed by atoms with van der Waals surface area (Å²) in [7, 11) is 1.69. The molecule has 2 aliphatic rings. The van der Waals surface area contributed by atoms with Crippen LogP contribution in [0.15, 0.2) is 30.3 Å². The van der Waals surface area contributed by atoms with Gasteiger partial charge in [-0.2, -0.15) is 0 Å². The Balaban J connectivity index is 1.45. The first-order chi connectivity index (χ1) is 14.2. The van der Waals surface area contributed by atoms with E-state index in [4.69, 9.17) is 4.74 Å². The minimum absolute atomic E-state index is 0.00608. The summed E-state index contributed by atoms with van der Waals surface area (Å²) in [5.74, 6) is 2.40. The molecular formula is C22H29N5O2. The number of aromatic nitrogens is 2. The second kappa shape index (κ2) is 8.68. The third-order valence-corrected chi connectivity index (χ3v) is 5.72. The molecule has 1 aromatic carbocycles. The van der Waals surface area contributed by atoms with Crippen molar-refractivity contribution < 1.29 is 9.53 Å². The molecule has 0 aliphatic carbocycles. The van der Waals surface area contributed by atoms with Gasteiger partial charge in [0.05, 0.1) is 12.8 Å². The van der Waals surface area contributed by atoms with Gasteiger partial charge < -0.3 is 19.4 Å². The van der Waals surface area contributed by atoms with Crippen molar-refractivity contribution in [3.8, 4) is 5.75 Å². The van der Waals surface area contributed by atoms with E-state index in [1.807, 2.05) is 36.1 Å². The van der Waals surface area contributed by atoms with Crippen molar-refractivity contribution >= 4 is 17.4 Å². The predicted molar refractivity (Wildman–Crippen MR) is 114 cm³/mol. The zero-order valence-corrected chi connectivity index (χ0v) is 17.3. The summed E-state index contributed by atoms with van der Waals surface area (Å²) >= 11 is 0. The fraction of sp³-hybridized carbons (Fsp3) is 0.500. The van der Waals surface area contributed by atoms with Crippen LogP contribution in [0.3, 0.4) is 0 Å². The fourth-order valence-corrected chi connectivity index (χ4v) is 4.15. The molecule has 7 nitrogen and oxygen atoms in total. The van der Waals surface area contributed by atoms with Crippen LogP contribution in [0.5, 0.6) is 5.75 Å². The number of benzene rings is 1. The Labute approximate surface area is 172 Å². The number of anilines is 2. The lowest BCUT2D eigenvalue weighted by atomic mass is 10.1. The minimum atomic E-state index is -0.00608. The van der Waals surface area contributed by atoms with Gasteiger partial charge in [0.15, 0.2) is 0 Å². The molecule has 2 aliphatic heterocycles. The highest BCUT2D eigenvalue weighted by Gasteiger charge is 2.25. The number of methoxy groups -OCH3 is 1. The van der Waals surface area contributed by atoms with Crippen molar-refractivity contribution in [2.45, 2.75) is 26.2 Å². The quantitative estimate of drug-likeness (QED) is 0.793. The molecule has 2 saturated heterocycles. The number of piperazine rings is 1. The Kier molecular flexibility index (Phi) is 5.83. The molecule has 0 N–H and O–H groups in total. The lowest BCUT2D eigenvalue weighted by molar-refractivity contribution is 0.0740. The highest BCUT2D eigenvalue weighted by atomic mass is 16.5. The fourth-order valence-electron chi connectivity index (χ4n) is 4.15. The third-order valence-electron chi connectivity index (χ3n) is 5.72. The van der Waals surface area contributed by atoms with E-state index in [1.54, 1.807) is 7.11 Å². The number of para-hydroxylation sites is 2. The van der Waals surface area contributed by atoms with Gasteiger partial charge in [0, 0.05) is 45.3 Å². The maximum Gasteiger partial charge on any atom is 0.272 e. The van der Waals surface area contributed by atoms with Crippen molar-refractivity contribution in [3.05, 3.63) is 41.9 Å². The maximum atomic E-state index is 13.1. The van der Waals surface area contributed by atoms with Crippen LogP contribution in [0, 0.1) is 6.92 Å². The third kappa shape index (κ3) is 4.28. The molecule has 1 aromatic heterocycles. The molecule has 3 heterocycles. The molecule has 7 heteroatoms. The number of carbonyl (C=O) groups is 1. The predicted octanol–water partition coefficient (Wildman–Crippen LogP) is 2.75. The number of piperidine rings is 1. The SMILES string of the molecule is COc1ccccc1N1CCN(C(=O)c2cc(N3CCCCC3)nc(C)n2)CC1. The molecular weight excluding hydrogens is 366 g/mol. The van der Waals surface area contributed by atoms with Crippen molar-refractivity contribution in [1.29, 1.82) is 0 Å². The van der Waals surface area contributed by atoms with Crippen LogP contribution in [-0.4, -0.2) is 67.2 Å². The lowest BCUT2D eigenvalue weighted by Crippen LogP contribution is -2.49. The number of carbonyl (C=O) groups excluding carboxylic acids is 1. The second-order valence-electron chi connectivity index (χ2n) is 7.66. The Hall–Kier alpha value is -2.83. The highest BCUT2D eigenvalue weighted by molar-refractivity contribution is 5.93. The van der Waals surface area contributed by atoms with E-state index in [1.165, 1.54) is 19.3 Å². The van der Waals surface area contributed by atoms with Gasteiger partial charge in [-0.15, -0.1) is 0 Å². The Morgan fingerprint density at radius 2 is 1.66 bits per heavy atom. The van der Waals surface area contributed by atoms with E-state index in [9.17, 15) is 4.79 Å². The zero-order valence-electron chi connectivity index (χ0n) is 17.3. The molecule has 0 spiro atoms. The van der Waals surface area contributed by atoms with Crippen LogP contribution in [-0.2, 0) is 0 Å². The van der Waals surface area contributed by atoms with Crippen LogP contribution >= 0.6 is 0 Å². The average Bonchev–Trinajstić information content (AvgIpc) is 2.79. The highest BCUT2D eigenvalue weighted by Crippen LogP contribution is 2.28. The van der Waals surface area contributed by atoms with E-state index in [2.05, 4.69) is 25.8 Å². The van der Waals surface area contributed by atoms with E-state index in [0.29, 0.717) is 24.6 Å². The van der Waals surface area contributed by atoms with Crippen LogP contribution in [0.4, 0.5) is 11.5 Å². The van der Waals surface area contributed by atoms with Crippen LogP contribution in [0.25, 0.3) is 0 Å². The molecule has 2 aromatic rings. The average molecular weight is 396 g/mol. The number of ether oxygens (including phenoxy) is 1. The summed E-state index contributed by atoms with van der Waals surface area (Å²) in [6, 6.07) is 9.89. The molecule has 2 fully saturated rings. The molecule has 154 valence electrons. The summed E-state index contributed by atoms with van der Waals surface area (Å²) in [6.45, 7) is 6.75. The topological polar surface area (TPSA) is 61.8 Å². The standard InChI is InChI=1S/C22H29N5O2/c1-17-23-18(16-21(24-17)26-10-6-3-7-11-26)22(28)27-14-12-25(13-15-27)19-8-4-5-9-20(19)29-2/h4-5,8-9,16H,3,6-7,10-15H2,1-2H3. The van der Waals surface area contributed by atoms with Gasteiger partial charge >= 0.3 is 0 Å². The van der Waals surface area contributed by atoms with Gasteiger partial charge in [0.1, 0.15) is 23.1 Å². The van der Waals surface area contributed by atoms with E-state index in [-0.39, 0.29) is 5.91 Å². The number of hydrogen-bond donors (Lipinski definition) is 0. The monoisotopic (exact) mass is 395 g/mol. The number of nitrogens with zero attached hydrogens (tertiary/aromatic N) is 5. The zero-order chi connectivity index (χ0) is 20.2. The molecule has 0 atom stereocenters. The van der Waals surface area contributed by atoms with E-state index < -0.39 is 0 Å². The van der Waals surface area contributed by atoms with E-state index in [0.717, 1.165) is 43.4 Å². The molecule has 4 rings (SSSR count). The summed E-state index contributed by atoms with van der Waals surface area (Å²) in [5.41, 5.74) is 1.58. The maximum absolute atomic E-state index is 13.1. The molecule has 0 radical (unpaired) electrons. The van der Waals surface area contributed by atoms with Crippen molar-refractivity contribution in [3.63, 3.8) is 0 Å². The summed E-state index contributed by atoms with van der Waals surface area (Å²) in [4.78, 5) is 28.6. The Morgan fingerprint density at radius 1 is 0.931 bits per heavy atom. The first kappa shape index (κ1) is 19.5. The van der Waals surface area contributed by atoms with Crippen molar-refractivity contribution in [1.82, 2.24) is 14.9 Å². The molecule has 0 unspecified atom stereocenters. The normalized spacial score (nSPS) is 17.4. The van der Waals surface area contributed by atoms with Crippen molar-refractivity contribution in [2.75, 3.05) is 56.2 Å². The Bertz CT molecular complexity index is 858. The number of amides is 1. The smallest absolute Gasteiger partial charge is 0.272 e. The van der Waals surface area contributed by atoms with Gasteiger partial charge in [-0.1, -0.05) is 12.1 Å². The van der Waals surface area contributed by atoms with Crippen molar-refractivity contribution in [2.24, 2.45) is 0 Å². The summed E-state index contributed by atoms with van der Waals surface area (Å²) < 4.78 is 5.48. The number of aryl methyl sites for hydroxylation is 1. The summed E-state index contributed by atoms with van der Waals surface area (Å²) in [6.07, 6.45) is 3.62. The lowest BCUT2D eigenvalue weighted by Gasteiger charge is -2.36. The van der Waals surface area contributed by atoms with Gasteiger partial charge in [-0.25, -0.2) is 9.97 Å². The van der Waals surface area contributed by atoms with E-state index >= 15 is 0 Å². The van der Waals surface area contributed by atoms with Gasteiger partial charge in [0.25, 0.3) is 5.91 Å². The molecule has 1 amide bonds. The van der Waals surface area contributed by atoms with Crippen LogP contribution < -0.4 is 14.5 Å². The van der Waals surface area contributed by atoms with Crippen LogP contribution in [0.1, 0.15) is 35.6 Å². The largest absolute Gasteiger partial charge is 0.495 e. The number of hydrogen-bond acceptors (Lipinski definition) is 6. The molecule has 0 saturated carbocycles. The molecule has 29 heavy (non-hydrogen) atoms. The first-order valence-corrected chi connectivity index (χ1v) is 10.4. The Morgan fingerprint density at radius 3 is 2.38 bits per heavy atom. The minimum Gasteiger partial charge on any atom is -0.495 e. The molecule has 0 bridgehead atoms. The number of rotatable bonds is 4.